The molecule has 1 atom stereocenters. The van der Waals surface area contributed by atoms with Gasteiger partial charge in [-0.1, -0.05) is 0 Å². The van der Waals surface area contributed by atoms with Gasteiger partial charge in [0.1, 0.15) is 5.76 Å². The summed E-state index contributed by atoms with van der Waals surface area (Å²) in [6.45, 7) is 2.38. The van der Waals surface area contributed by atoms with E-state index >= 15 is 0 Å². The fraction of sp³-hybridized carbons (Fsp3) is 0.438. The molecule has 0 unspecified atom stereocenters. The van der Waals surface area contributed by atoms with Crippen LogP contribution in [0.25, 0.3) is 11.5 Å². The van der Waals surface area contributed by atoms with Gasteiger partial charge in [0.05, 0.1) is 12.1 Å². The predicted molar refractivity (Wildman–Crippen MR) is 87.1 cm³/mol. The molecule has 23 heavy (non-hydrogen) atoms. The Morgan fingerprint density at radius 3 is 3.09 bits per heavy atom. The van der Waals surface area contributed by atoms with E-state index < -0.39 is 0 Å². The highest BCUT2D eigenvalue weighted by molar-refractivity contribution is 7.08. The van der Waals surface area contributed by atoms with Crippen LogP contribution in [0.2, 0.25) is 0 Å². The quantitative estimate of drug-likeness (QED) is 0.928. The lowest BCUT2D eigenvalue weighted by atomic mass is 10.1. The Morgan fingerprint density at radius 1 is 1.57 bits per heavy atom. The number of thiophene rings is 1. The first-order valence-electron chi connectivity index (χ1n) is 7.55. The van der Waals surface area contributed by atoms with E-state index in [-0.39, 0.29) is 24.3 Å². The first kappa shape index (κ1) is 15.7. The maximum atomic E-state index is 12.2. The van der Waals surface area contributed by atoms with Crippen LogP contribution in [0, 0.1) is 6.92 Å². The van der Waals surface area contributed by atoms with Gasteiger partial charge in [-0.2, -0.15) is 11.3 Å². The first-order valence-corrected chi connectivity index (χ1v) is 8.49. The van der Waals surface area contributed by atoms with Crippen LogP contribution in [0.5, 0.6) is 0 Å². The predicted octanol–water partition coefficient (Wildman–Crippen LogP) is 1.99. The van der Waals surface area contributed by atoms with Crippen molar-refractivity contribution in [3.05, 3.63) is 28.3 Å². The van der Waals surface area contributed by atoms with Gasteiger partial charge in [-0.15, -0.1) is 0 Å². The fourth-order valence-corrected chi connectivity index (χ4v) is 3.29. The van der Waals surface area contributed by atoms with Crippen molar-refractivity contribution in [2.75, 3.05) is 13.6 Å². The van der Waals surface area contributed by atoms with E-state index in [9.17, 15) is 9.59 Å². The van der Waals surface area contributed by atoms with Crippen LogP contribution < -0.4 is 5.32 Å². The number of amides is 2. The summed E-state index contributed by atoms with van der Waals surface area (Å²) in [7, 11) is 1.76. The molecule has 122 valence electrons. The highest BCUT2D eigenvalue weighted by Crippen LogP contribution is 2.24. The number of nitrogens with zero attached hydrogens (tertiary/aromatic N) is 2. The van der Waals surface area contributed by atoms with Gasteiger partial charge in [0.2, 0.25) is 17.7 Å². The number of rotatable bonds is 4. The first-order chi connectivity index (χ1) is 11.0. The average molecular weight is 333 g/mol. The molecule has 3 heterocycles. The van der Waals surface area contributed by atoms with Gasteiger partial charge in [-0.05, 0) is 24.8 Å². The van der Waals surface area contributed by atoms with Crippen LogP contribution in [0.4, 0.5) is 0 Å². The van der Waals surface area contributed by atoms with Crippen molar-refractivity contribution in [3.63, 3.8) is 0 Å². The van der Waals surface area contributed by atoms with Gasteiger partial charge in [0.25, 0.3) is 0 Å². The van der Waals surface area contributed by atoms with Crippen LogP contribution in [-0.2, 0) is 16.0 Å². The normalized spacial score (nSPS) is 18.3. The molecule has 0 aromatic carbocycles. The molecule has 2 aromatic heterocycles. The Labute approximate surface area is 138 Å². The number of carbonyl (C=O) groups excluding carboxylic acids is 2. The van der Waals surface area contributed by atoms with Gasteiger partial charge in [-0.3, -0.25) is 9.59 Å². The highest BCUT2D eigenvalue weighted by atomic mass is 32.1. The van der Waals surface area contributed by atoms with Crippen LogP contribution in [0.1, 0.15) is 24.3 Å². The van der Waals surface area contributed by atoms with Crippen molar-refractivity contribution < 1.29 is 14.0 Å². The summed E-state index contributed by atoms with van der Waals surface area (Å²) < 4.78 is 5.64. The molecule has 1 N–H and O–H groups in total. The number of hydrogen-bond donors (Lipinski definition) is 1. The summed E-state index contributed by atoms with van der Waals surface area (Å²) in [6.07, 6.45) is 1.35. The molecule has 1 aliphatic heterocycles. The number of likely N-dealkylation sites (N-methyl/N-ethyl adjacent to an activating group) is 1. The molecular formula is C16H19N3O3S. The minimum atomic E-state index is -0.0917. The molecule has 0 bridgehead atoms. The van der Waals surface area contributed by atoms with Gasteiger partial charge in [0, 0.05) is 37.0 Å². The molecule has 0 radical (unpaired) electrons. The molecule has 1 saturated heterocycles. The van der Waals surface area contributed by atoms with E-state index in [1.807, 2.05) is 23.8 Å². The van der Waals surface area contributed by atoms with E-state index in [0.717, 1.165) is 5.56 Å². The molecular weight excluding hydrogens is 314 g/mol. The topological polar surface area (TPSA) is 75.4 Å². The van der Waals surface area contributed by atoms with E-state index in [2.05, 4.69) is 10.3 Å². The van der Waals surface area contributed by atoms with Crippen LogP contribution in [0.3, 0.4) is 0 Å². The van der Waals surface area contributed by atoms with Crippen molar-refractivity contribution in [1.29, 1.82) is 0 Å². The van der Waals surface area contributed by atoms with Gasteiger partial charge < -0.3 is 14.6 Å². The SMILES string of the molecule is Cc1oc(-c2ccsc2)nc1CC(=O)N[C@H]1CCC(=O)N(C)C1. The van der Waals surface area contributed by atoms with Crippen molar-refractivity contribution in [2.24, 2.45) is 0 Å². The molecule has 2 aromatic rings. The van der Waals surface area contributed by atoms with Crippen molar-refractivity contribution in [3.8, 4) is 11.5 Å². The molecule has 1 aliphatic rings. The molecule has 3 rings (SSSR count). The Morgan fingerprint density at radius 2 is 2.39 bits per heavy atom. The number of piperidine rings is 1. The van der Waals surface area contributed by atoms with Crippen molar-refractivity contribution in [2.45, 2.75) is 32.2 Å². The highest BCUT2D eigenvalue weighted by Gasteiger charge is 2.24. The van der Waals surface area contributed by atoms with Crippen molar-refractivity contribution >= 4 is 23.2 Å². The van der Waals surface area contributed by atoms with E-state index in [1.165, 1.54) is 0 Å². The number of oxazole rings is 1. The Bertz CT molecular complexity index is 708. The largest absolute Gasteiger partial charge is 0.441 e. The van der Waals surface area contributed by atoms with Gasteiger partial charge >= 0.3 is 0 Å². The zero-order chi connectivity index (χ0) is 16.4. The van der Waals surface area contributed by atoms with E-state index in [4.69, 9.17) is 4.42 Å². The fourth-order valence-electron chi connectivity index (χ4n) is 2.66. The van der Waals surface area contributed by atoms with Gasteiger partial charge in [-0.25, -0.2) is 4.98 Å². The summed E-state index contributed by atoms with van der Waals surface area (Å²) >= 11 is 1.58. The monoisotopic (exact) mass is 333 g/mol. The lowest BCUT2D eigenvalue weighted by Crippen LogP contribution is -2.48. The zero-order valence-corrected chi connectivity index (χ0v) is 14.0. The minimum absolute atomic E-state index is 0.00810. The maximum absolute atomic E-state index is 12.2. The zero-order valence-electron chi connectivity index (χ0n) is 13.2. The molecule has 0 spiro atoms. The Hall–Kier alpha value is -2.15. The van der Waals surface area contributed by atoms with E-state index in [1.54, 1.807) is 23.3 Å². The van der Waals surface area contributed by atoms with Crippen LogP contribution >= 0.6 is 11.3 Å². The summed E-state index contributed by atoms with van der Waals surface area (Å²) in [5.74, 6) is 1.25. The molecule has 1 fully saturated rings. The third kappa shape index (κ3) is 3.61. The Balaban J connectivity index is 1.61. The second kappa shape index (κ2) is 6.54. The second-order valence-electron chi connectivity index (χ2n) is 5.79. The van der Waals surface area contributed by atoms with Crippen LogP contribution in [-0.4, -0.2) is 41.3 Å². The molecule has 2 amide bonds. The number of aromatic nitrogens is 1. The molecule has 6 nitrogen and oxygen atoms in total. The number of hydrogen-bond acceptors (Lipinski definition) is 5. The third-order valence-electron chi connectivity index (χ3n) is 3.98. The average Bonchev–Trinajstić information content (AvgIpc) is 3.13. The summed E-state index contributed by atoms with van der Waals surface area (Å²) in [4.78, 5) is 29.8. The van der Waals surface area contributed by atoms with Crippen molar-refractivity contribution in [1.82, 2.24) is 15.2 Å². The minimum Gasteiger partial charge on any atom is -0.441 e. The second-order valence-corrected chi connectivity index (χ2v) is 6.57. The lowest BCUT2D eigenvalue weighted by Gasteiger charge is -2.30. The molecule has 0 saturated carbocycles. The number of carbonyl (C=O) groups is 2. The molecule has 7 heteroatoms. The summed E-state index contributed by atoms with van der Waals surface area (Å²) in [6, 6.07) is 1.95. The number of nitrogens with one attached hydrogen (secondary N) is 1. The smallest absolute Gasteiger partial charge is 0.227 e. The third-order valence-corrected chi connectivity index (χ3v) is 4.66. The maximum Gasteiger partial charge on any atom is 0.227 e. The van der Waals surface area contributed by atoms with E-state index in [0.29, 0.717) is 36.7 Å². The Kier molecular flexibility index (Phi) is 4.47. The number of likely N-dealkylation sites (tertiary alicyclic amines) is 1. The number of aryl methyl sites for hydroxylation is 1. The van der Waals surface area contributed by atoms with Gasteiger partial charge in [0.15, 0.2) is 0 Å². The lowest BCUT2D eigenvalue weighted by molar-refractivity contribution is -0.133. The summed E-state index contributed by atoms with van der Waals surface area (Å²) in [5, 5.41) is 6.90. The summed E-state index contributed by atoms with van der Waals surface area (Å²) in [5.41, 5.74) is 1.58. The standard InChI is InChI=1S/C16H19N3O3S/c1-10-13(18-16(22-10)11-5-6-23-9-11)7-14(20)17-12-3-4-15(21)19(2)8-12/h5-6,9,12H,3-4,7-8H2,1-2H3,(H,17,20)/t12-/m0/s1. The molecule has 0 aliphatic carbocycles. The van der Waals surface area contributed by atoms with Crippen LogP contribution in [0.15, 0.2) is 21.2 Å².